The number of hydrogen-bond acceptors (Lipinski definition) is 2. The Labute approximate surface area is 154 Å². The van der Waals surface area contributed by atoms with Crippen molar-refractivity contribution in [3.05, 3.63) is 69.2 Å². The Morgan fingerprint density at radius 2 is 1.79 bits per heavy atom. The van der Waals surface area contributed by atoms with E-state index in [4.69, 9.17) is 23.2 Å². The lowest BCUT2D eigenvalue weighted by Gasteiger charge is -2.37. The highest BCUT2D eigenvalue weighted by atomic mass is 35.5. The Balaban J connectivity index is 1.92. The molecule has 0 radical (unpaired) electrons. The number of nitrogens with zero attached hydrogens (tertiary/aromatic N) is 1. The van der Waals surface area contributed by atoms with E-state index in [9.17, 15) is 0 Å². The monoisotopic (exact) mass is 362 g/mol. The highest BCUT2D eigenvalue weighted by molar-refractivity contribution is 6.42. The molecule has 0 spiro atoms. The highest BCUT2D eigenvalue weighted by Crippen LogP contribution is 2.43. The number of benzene rings is 2. The third-order valence-electron chi connectivity index (χ3n) is 5.05. The molecule has 0 aromatic heterocycles. The zero-order chi connectivity index (χ0) is 17.1. The summed E-state index contributed by atoms with van der Waals surface area (Å²) in [4.78, 5) is 2.46. The van der Waals surface area contributed by atoms with Crippen LogP contribution in [0, 0.1) is 0 Å². The van der Waals surface area contributed by atoms with Crippen LogP contribution >= 0.6 is 23.2 Å². The number of hydrogen-bond donors (Lipinski definition) is 1. The fourth-order valence-corrected chi connectivity index (χ4v) is 4.05. The number of rotatable bonds is 5. The molecule has 3 rings (SSSR count). The van der Waals surface area contributed by atoms with Crippen LogP contribution in [0.1, 0.15) is 41.5 Å². The van der Waals surface area contributed by atoms with Gasteiger partial charge in [0, 0.05) is 25.0 Å². The molecule has 1 N–H and O–H groups in total. The van der Waals surface area contributed by atoms with Crippen LogP contribution in [0.25, 0.3) is 0 Å². The van der Waals surface area contributed by atoms with Gasteiger partial charge in [-0.05, 0) is 55.8 Å². The maximum absolute atomic E-state index is 6.25. The van der Waals surface area contributed by atoms with Crippen molar-refractivity contribution in [2.45, 2.75) is 24.8 Å². The quantitative estimate of drug-likeness (QED) is 0.794. The van der Waals surface area contributed by atoms with E-state index in [1.807, 2.05) is 19.2 Å². The molecule has 2 atom stereocenters. The molecule has 0 fully saturated rings. The third kappa shape index (κ3) is 3.62. The Hall–Kier alpha value is -1.06. The lowest BCUT2D eigenvalue weighted by atomic mass is 9.76. The van der Waals surface area contributed by atoms with Gasteiger partial charge in [-0.2, -0.15) is 0 Å². The van der Waals surface area contributed by atoms with Crippen molar-refractivity contribution in [2.75, 3.05) is 27.2 Å². The molecule has 1 aliphatic rings. The van der Waals surface area contributed by atoms with Gasteiger partial charge in [0.25, 0.3) is 0 Å². The van der Waals surface area contributed by atoms with Gasteiger partial charge >= 0.3 is 0 Å². The van der Waals surface area contributed by atoms with Gasteiger partial charge in [-0.1, -0.05) is 53.5 Å². The molecule has 4 heteroatoms. The van der Waals surface area contributed by atoms with Crippen molar-refractivity contribution >= 4 is 23.2 Å². The molecule has 0 saturated carbocycles. The summed E-state index contributed by atoms with van der Waals surface area (Å²) in [6.45, 7) is 2.05. The summed E-state index contributed by atoms with van der Waals surface area (Å²) in [6, 6.07) is 15.4. The van der Waals surface area contributed by atoms with Crippen LogP contribution in [0.4, 0.5) is 0 Å². The van der Waals surface area contributed by atoms with E-state index in [-0.39, 0.29) is 0 Å². The van der Waals surface area contributed by atoms with Gasteiger partial charge in [0.1, 0.15) is 0 Å². The number of fused-ring (bicyclic) bond motifs is 1. The van der Waals surface area contributed by atoms with Crippen molar-refractivity contribution in [3.8, 4) is 0 Å². The molecule has 0 saturated heterocycles. The van der Waals surface area contributed by atoms with Crippen molar-refractivity contribution in [1.29, 1.82) is 0 Å². The van der Waals surface area contributed by atoms with Crippen LogP contribution in [-0.4, -0.2) is 32.1 Å². The first-order valence-electron chi connectivity index (χ1n) is 8.50. The smallest absolute Gasteiger partial charge is 0.0595 e. The molecule has 0 aliphatic heterocycles. The normalized spacial score (nSPS) is 20.2. The first-order chi connectivity index (χ1) is 11.6. The van der Waals surface area contributed by atoms with E-state index in [2.05, 4.69) is 47.6 Å². The van der Waals surface area contributed by atoms with E-state index in [1.54, 1.807) is 0 Å². The summed E-state index contributed by atoms with van der Waals surface area (Å²) in [5, 5.41) is 4.50. The molecule has 0 heterocycles. The van der Waals surface area contributed by atoms with E-state index in [0.717, 1.165) is 25.9 Å². The van der Waals surface area contributed by atoms with Crippen molar-refractivity contribution in [3.63, 3.8) is 0 Å². The topological polar surface area (TPSA) is 15.3 Å². The van der Waals surface area contributed by atoms with E-state index >= 15 is 0 Å². The van der Waals surface area contributed by atoms with Crippen LogP contribution in [0.5, 0.6) is 0 Å². The molecule has 1 aliphatic carbocycles. The second-order valence-corrected chi connectivity index (χ2v) is 7.35. The van der Waals surface area contributed by atoms with Gasteiger partial charge in [-0.15, -0.1) is 0 Å². The van der Waals surface area contributed by atoms with Crippen molar-refractivity contribution < 1.29 is 0 Å². The Morgan fingerprint density at radius 1 is 1.04 bits per heavy atom. The Morgan fingerprint density at radius 3 is 2.50 bits per heavy atom. The molecule has 0 bridgehead atoms. The maximum atomic E-state index is 6.25. The van der Waals surface area contributed by atoms with E-state index < -0.39 is 0 Å². The largest absolute Gasteiger partial charge is 0.318 e. The minimum Gasteiger partial charge on any atom is -0.318 e. The van der Waals surface area contributed by atoms with Crippen LogP contribution in [0.2, 0.25) is 10.0 Å². The third-order valence-corrected chi connectivity index (χ3v) is 5.79. The predicted octanol–water partition coefficient (Wildman–Crippen LogP) is 5.11. The van der Waals surface area contributed by atoms with Crippen molar-refractivity contribution in [1.82, 2.24) is 10.2 Å². The summed E-state index contributed by atoms with van der Waals surface area (Å²) in [5.41, 5.74) is 4.12. The minimum atomic E-state index is 0.393. The van der Waals surface area contributed by atoms with Crippen LogP contribution in [0.15, 0.2) is 42.5 Å². The highest BCUT2D eigenvalue weighted by Gasteiger charge is 2.30. The average molecular weight is 363 g/mol. The summed E-state index contributed by atoms with van der Waals surface area (Å²) >= 11 is 12.3. The van der Waals surface area contributed by atoms with Crippen LogP contribution in [0.3, 0.4) is 0 Å². The Bertz CT molecular complexity index is 702. The predicted molar refractivity (Wildman–Crippen MR) is 103 cm³/mol. The minimum absolute atomic E-state index is 0.393. The molecular weight excluding hydrogens is 339 g/mol. The molecule has 0 amide bonds. The van der Waals surface area contributed by atoms with Gasteiger partial charge < -0.3 is 5.32 Å². The van der Waals surface area contributed by atoms with Gasteiger partial charge in [-0.25, -0.2) is 0 Å². The fraction of sp³-hybridized carbons (Fsp3) is 0.400. The van der Waals surface area contributed by atoms with E-state index in [0.29, 0.717) is 22.0 Å². The molecular formula is C20H24Cl2N2. The van der Waals surface area contributed by atoms with Crippen molar-refractivity contribution in [2.24, 2.45) is 0 Å². The zero-order valence-corrected chi connectivity index (χ0v) is 15.7. The zero-order valence-electron chi connectivity index (χ0n) is 14.2. The standard InChI is InChI=1S/C20H24Cl2N2/c1-23-11-12-24(2)20-10-8-15(16-5-3-4-6-17(16)20)14-7-9-18(21)19(22)13-14/h3-7,9,13,15,20,23H,8,10-12H2,1-2H3/t15-,20-/m0/s1. The number of nitrogens with one attached hydrogen (secondary N) is 1. The van der Waals surface area contributed by atoms with Gasteiger partial charge in [0.05, 0.1) is 10.0 Å². The summed E-state index contributed by atoms with van der Waals surface area (Å²) in [5.74, 6) is 0.393. The lowest BCUT2D eigenvalue weighted by molar-refractivity contribution is 0.219. The number of halogens is 2. The van der Waals surface area contributed by atoms with Crippen LogP contribution in [-0.2, 0) is 0 Å². The summed E-state index contributed by atoms with van der Waals surface area (Å²) in [7, 11) is 4.22. The van der Waals surface area contributed by atoms with Gasteiger partial charge in [0.15, 0.2) is 0 Å². The second kappa shape index (κ2) is 7.88. The maximum Gasteiger partial charge on any atom is 0.0595 e. The molecule has 2 aromatic rings. The first kappa shape index (κ1) is 17.8. The molecule has 24 heavy (non-hydrogen) atoms. The average Bonchev–Trinajstić information content (AvgIpc) is 2.61. The first-order valence-corrected chi connectivity index (χ1v) is 9.26. The van der Waals surface area contributed by atoms with Crippen LogP contribution < -0.4 is 5.32 Å². The molecule has 0 unspecified atom stereocenters. The number of likely N-dealkylation sites (N-methyl/N-ethyl adjacent to an activating group) is 2. The molecule has 2 aromatic carbocycles. The SMILES string of the molecule is CNCCN(C)[C@H]1CC[C@@H](c2ccc(Cl)c(Cl)c2)c2ccccc21. The van der Waals surface area contributed by atoms with E-state index in [1.165, 1.54) is 16.7 Å². The molecule has 128 valence electrons. The van der Waals surface area contributed by atoms with Gasteiger partial charge in [0.2, 0.25) is 0 Å². The summed E-state index contributed by atoms with van der Waals surface area (Å²) < 4.78 is 0. The van der Waals surface area contributed by atoms with Gasteiger partial charge in [-0.3, -0.25) is 4.90 Å². The summed E-state index contributed by atoms with van der Waals surface area (Å²) in [6.07, 6.45) is 2.28. The fourth-order valence-electron chi connectivity index (χ4n) is 3.74. The second-order valence-electron chi connectivity index (χ2n) is 6.53. The Kier molecular flexibility index (Phi) is 5.83. The molecule has 2 nitrogen and oxygen atoms in total. The lowest BCUT2D eigenvalue weighted by Crippen LogP contribution is -2.33.